The largest absolute Gasteiger partial charge is 0.489 e. The molecule has 0 aliphatic rings. The number of rotatable bonds is 9. The molecular formula is C18H19Cl3N2O3. The van der Waals surface area contributed by atoms with Crippen LogP contribution in [-0.4, -0.2) is 32.3 Å². The number of nitrogens with one attached hydrogen (secondary N) is 2. The van der Waals surface area contributed by atoms with Crippen LogP contribution in [0.15, 0.2) is 36.4 Å². The van der Waals surface area contributed by atoms with Crippen molar-refractivity contribution in [2.75, 3.05) is 37.0 Å². The smallest absolute Gasteiger partial charge is 0.243 e. The first-order chi connectivity index (χ1) is 12.5. The number of hydrogen-bond acceptors (Lipinski definition) is 4. The third-order valence-electron chi connectivity index (χ3n) is 3.30. The number of carbonyl (C=O) groups excluding carboxylic acids is 1. The van der Waals surface area contributed by atoms with Crippen LogP contribution in [0.1, 0.15) is 6.92 Å². The SMILES string of the molecule is CCOCCOc1ccccc1NCC(=O)Nc1cc(Cl)c(Cl)cc1Cl. The van der Waals surface area contributed by atoms with E-state index in [0.29, 0.717) is 52.0 Å². The molecule has 0 heterocycles. The number of halogens is 3. The molecule has 26 heavy (non-hydrogen) atoms. The van der Waals surface area contributed by atoms with Gasteiger partial charge in [-0.15, -0.1) is 0 Å². The standard InChI is InChI=1S/C18H19Cl3N2O3/c1-2-25-7-8-26-17-6-4-3-5-15(17)22-11-18(24)23-16-10-13(20)12(19)9-14(16)21/h3-6,9-10,22H,2,7-8,11H2,1H3,(H,23,24). The van der Waals surface area contributed by atoms with Crippen molar-refractivity contribution in [2.24, 2.45) is 0 Å². The highest BCUT2D eigenvalue weighted by atomic mass is 35.5. The van der Waals surface area contributed by atoms with Gasteiger partial charge in [-0.1, -0.05) is 46.9 Å². The maximum Gasteiger partial charge on any atom is 0.243 e. The lowest BCUT2D eigenvalue weighted by Crippen LogP contribution is -2.22. The van der Waals surface area contributed by atoms with Crippen molar-refractivity contribution in [3.8, 4) is 5.75 Å². The molecule has 0 spiro atoms. The van der Waals surface area contributed by atoms with Crippen molar-refractivity contribution < 1.29 is 14.3 Å². The van der Waals surface area contributed by atoms with Gasteiger partial charge in [0.25, 0.3) is 0 Å². The molecule has 0 aliphatic heterocycles. The number of anilines is 2. The average Bonchev–Trinajstić information content (AvgIpc) is 2.62. The zero-order valence-corrected chi connectivity index (χ0v) is 16.4. The summed E-state index contributed by atoms with van der Waals surface area (Å²) < 4.78 is 10.9. The minimum atomic E-state index is -0.283. The molecule has 0 unspecified atom stereocenters. The fourth-order valence-electron chi connectivity index (χ4n) is 2.08. The molecule has 0 saturated carbocycles. The van der Waals surface area contributed by atoms with Gasteiger partial charge >= 0.3 is 0 Å². The summed E-state index contributed by atoms with van der Waals surface area (Å²) in [6.45, 7) is 3.52. The lowest BCUT2D eigenvalue weighted by molar-refractivity contribution is -0.114. The van der Waals surface area contributed by atoms with Crippen LogP contribution < -0.4 is 15.4 Å². The Labute approximate surface area is 167 Å². The van der Waals surface area contributed by atoms with Gasteiger partial charge in [0.05, 0.1) is 39.6 Å². The van der Waals surface area contributed by atoms with E-state index in [-0.39, 0.29) is 12.5 Å². The van der Waals surface area contributed by atoms with E-state index < -0.39 is 0 Å². The van der Waals surface area contributed by atoms with Gasteiger partial charge in [0.15, 0.2) is 0 Å². The highest BCUT2D eigenvalue weighted by Gasteiger charge is 2.10. The Morgan fingerprint density at radius 1 is 1.00 bits per heavy atom. The summed E-state index contributed by atoms with van der Waals surface area (Å²) in [5, 5.41) is 6.68. The number of amides is 1. The number of para-hydroxylation sites is 2. The van der Waals surface area contributed by atoms with Crippen LogP contribution in [0, 0.1) is 0 Å². The molecule has 0 saturated heterocycles. The molecule has 0 aliphatic carbocycles. The van der Waals surface area contributed by atoms with Crippen molar-refractivity contribution in [3.63, 3.8) is 0 Å². The predicted molar refractivity (Wildman–Crippen MR) is 107 cm³/mol. The van der Waals surface area contributed by atoms with Gasteiger partial charge in [-0.3, -0.25) is 4.79 Å². The van der Waals surface area contributed by atoms with E-state index in [1.807, 2.05) is 31.2 Å². The minimum Gasteiger partial charge on any atom is -0.489 e. The molecule has 0 radical (unpaired) electrons. The van der Waals surface area contributed by atoms with E-state index in [9.17, 15) is 4.79 Å². The molecule has 8 heteroatoms. The lowest BCUT2D eigenvalue weighted by Gasteiger charge is -2.14. The Balaban J connectivity index is 1.92. The van der Waals surface area contributed by atoms with E-state index in [1.165, 1.54) is 12.1 Å². The van der Waals surface area contributed by atoms with Crippen molar-refractivity contribution in [1.29, 1.82) is 0 Å². The van der Waals surface area contributed by atoms with Crippen LogP contribution in [0.2, 0.25) is 15.1 Å². The zero-order valence-electron chi connectivity index (χ0n) is 14.2. The second-order valence-corrected chi connectivity index (χ2v) is 6.41. The van der Waals surface area contributed by atoms with Gasteiger partial charge in [-0.05, 0) is 31.2 Å². The van der Waals surface area contributed by atoms with Gasteiger partial charge in [-0.25, -0.2) is 0 Å². The van der Waals surface area contributed by atoms with Crippen LogP contribution in [0.5, 0.6) is 5.75 Å². The summed E-state index contributed by atoms with van der Waals surface area (Å²) in [7, 11) is 0. The zero-order chi connectivity index (χ0) is 18.9. The summed E-state index contributed by atoms with van der Waals surface area (Å²) in [6.07, 6.45) is 0. The molecule has 0 bridgehead atoms. The highest BCUT2D eigenvalue weighted by Crippen LogP contribution is 2.32. The van der Waals surface area contributed by atoms with E-state index in [2.05, 4.69) is 10.6 Å². The monoisotopic (exact) mass is 416 g/mol. The van der Waals surface area contributed by atoms with Crippen LogP contribution >= 0.6 is 34.8 Å². The third-order valence-corrected chi connectivity index (χ3v) is 4.33. The fourth-order valence-corrected chi connectivity index (χ4v) is 2.68. The predicted octanol–water partition coefficient (Wildman–Crippen LogP) is 5.11. The number of ether oxygens (including phenoxy) is 2. The minimum absolute atomic E-state index is 0.0302. The Kier molecular flexibility index (Phi) is 8.32. The molecule has 2 aromatic rings. The van der Waals surface area contributed by atoms with E-state index >= 15 is 0 Å². The summed E-state index contributed by atoms with van der Waals surface area (Å²) in [6, 6.07) is 10.4. The summed E-state index contributed by atoms with van der Waals surface area (Å²) in [4.78, 5) is 12.2. The van der Waals surface area contributed by atoms with Crippen LogP contribution in [0.25, 0.3) is 0 Å². The van der Waals surface area contributed by atoms with Gasteiger partial charge in [0.1, 0.15) is 12.4 Å². The summed E-state index contributed by atoms with van der Waals surface area (Å²) >= 11 is 17.9. The first-order valence-corrected chi connectivity index (χ1v) is 9.12. The molecule has 0 fully saturated rings. The van der Waals surface area contributed by atoms with Crippen LogP contribution in [-0.2, 0) is 9.53 Å². The van der Waals surface area contributed by atoms with E-state index in [4.69, 9.17) is 44.3 Å². The Bertz CT molecular complexity index is 756. The Morgan fingerprint density at radius 3 is 2.50 bits per heavy atom. The van der Waals surface area contributed by atoms with E-state index in [0.717, 1.165) is 0 Å². The quantitative estimate of drug-likeness (QED) is 0.439. The van der Waals surface area contributed by atoms with Crippen molar-refractivity contribution in [3.05, 3.63) is 51.5 Å². The fraction of sp³-hybridized carbons (Fsp3) is 0.278. The molecular weight excluding hydrogens is 399 g/mol. The maximum absolute atomic E-state index is 12.2. The number of carbonyl (C=O) groups is 1. The molecule has 2 rings (SSSR count). The molecule has 140 valence electrons. The second-order valence-electron chi connectivity index (χ2n) is 5.19. The van der Waals surface area contributed by atoms with Gasteiger partial charge in [0.2, 0.25) is 5.91 Å². The normalized spacial score (nSPS) is 10.5. The molecule has 1 amide bonds. The molecule has 2 aromatic carbocycles. The lowest BCUT2D eigenvalue weighted by atomic mass is 10.3. The summed E-state index contributed by atoms with van der Waals surface area (Å²) in [5.74, 6) is 0.363. The molecule has 2 N–H and O–H groups in total. The topological polar surface area (TPSA) is 59.6 Å². The first kappa shape index (κ1) is 20.6. The van der Waals surface area contributed by atoms with Crippen LogP contribution in [0.3, 0.4) is 0 Å². The molecule has 5 nitrogen and oxygen atoms in total. The number of hydrogen-bond donors (Lipinski definition) is 2. The highest BCUT2D eigenvalue weighted by molar-refractivity contribution is 6.44. The molecule has 0 atom stereocenters. The van der Waals surface area contributed by atoms with Gasteiger partial charge < -0.3 is 20.1 Å². The number of benzene rings is 2. The van der Waals surface area contributed by atoms with Gasteiger partial charge in [0, 0.05) is 6.61 Å². The van der Waals surface area contributed by atoms with Crippen molar-refractivity contribution in [2.45, 2.75) is 6.92 Å². The van der Waals surface area contributed by atoms with Gasteiger partial charge in [-0.2, -0.15) is 0 Å². The average molecular weight is 418 g/mol. The Morgan fingerprint density at radius 2 is 1.73 bits per heavy atom. The van der Waals surface area contributed by atoms with Crippen molar-refractivity contribution >= 4 is 52.1 Å². The molecule has 0 aromatic heterocycles. The first-order valence-electron chi connectivity index (χ1n) is 7.99. The maximum atomic E-state index is 12.2. The van der Waals surface area contributed by atoms with Crippen molar-refractivity contribution in [1.82, 2.24) is 0 Å². The third kappa shape index (κ3) is 6.25. The van der Waals surface area contributed by atoms with E-state index in [1.54, 1.807) is 0 Å². The van der Waals surface area contributed by atoms with Crippen LogP contribution in [0.4, 0.5) is 11.4 Å². The Hall–Kier alpha value is -1.66. The summed E-state index contributed by atoms with van der Waals surface area (Å²) in [5.41, 5.74) is 1.11. The second kappa shape index (κ2) is 10.5.